The first kappa shape index (κ1) is 18.8. The second-order valence-corrected chi connectivity index (χ2v) is 7.66. The van der Waals surface area contributed by atoms with Gasteiger partial charge in [0.25, 0.3) is 0 Å². The molecule has 1 rings (SSSR count). The van der Waals surface area contributed by atoms with Gasteiger partial charge in [-0.25, -0.2) is 4.79 Å². The highest BCUT2D eigenvalue weighted by Gasteiger charge is 2.33. The Morgan fingerprint density at radius 1 is 1.23 bits per heavy atom. The third-order valence-electron chi connectivity index (χ3n) is 4.09. The Morgan fingerprint density at radius 3 is 2.32 bits per heavy atom. The van der Waals surface area contributed by atoms with E-state index in [-0.39, 0.29) is 17.4 Å². The summed E-state index contributed by atoms with van der Waals surface area (Å²) in [5.41, 5.74) is -0.383. The maximum absolute atomic E-state index is 12.0. The molecule has 0 aliphatic carbocycles. The fourth-order valence-electron chi connectivity index (χ4n) is 2.47. The summed E-state index contributed by atoms with van der Waals surface area (Å²) in [5, 5.41) is 3.04. The number of rotatable bonds is 5. The molecule has 0 bridgehead atoms. The van der Waals surface area contributed by atoms with Crippen LogP contribution in [0.15, 0.2) is 0 Å². The van der Waals surface area contributed by atoms with Crippen molar-refractivity contribution in [3.8, 4) is 0 Å². The monoisotopic (exact) mass is 312 g/mol. The van der Waals surface area contributed by atoms with Crippen molar-refractivity contribution in [2.75, 3.05) is 19.6 Å². The highest BCUT2D eigenvalue weighted by atomic mass is 16.6. The van der Waals surface area contributed by atoms with Crippen molar-refractivity contribution >= 4 is 12.0 Å². The molecule has 1 N–H and O–H groups in total. The van der Waals surface area contributed by atoms with Gasteiger partial charge in [0.1, 0.15) is 5.60 Å². The Bertz CT molecular complexity index is 380. The first-order valence-corrected chi connectivity index (χ1v) is 8.40. The van der Waals surface area contributed by atoms with Gasteiger partial charge in [-0.15, -0.1) is 0 Å². The lowest BCUT2D eigenvalue weighted by molar-refractivity contribution is -0.121. The zero-order valence-electron chi connectivity index (χ0n) is 14.8. The Labute approximate surface area is 134 Å². The zero-order chi connectivity index (χ0) is 16.8. The second kappa shape index (κ2) is 7.84. The maximum atomic E-state index is 12.0. The number of carbonyl (C=O) groups is 2. The molecule has 5 nitrogen and oxygen atoms in total. The summed E-state index contributed by atoms with van der Waals surface area (Å²) in [4.78, 5) is 25.5. The summed E-state index contributed by atoms with van der Waals surface area (Å²) in [6.07, 6.45) is 4.13. The van der Waals surface area contributed by atoms with Gasteiger partial charge in [-0.3, -0.25) is 4.79 Å². The van der Waals surface area contributed by atoms with Crippen molar-refractivity contribution in [2.24, 2.45) is 5.41 Å². The minimum atomic E-state index is -0.453. The van der Waals surface area contributed by atoms with Crippen molar-refractivity contribution in [2.45, 2.75) is 72.3 Å². The van der Waals surface area contributed by atoms with Gasteiger partial charge in [0.2, 0.25) is 5.91 Å². The van der Waals surface area contributed by atoms with E-state index < -0.39 is 5.60 Å². The smallest absolute Gasteiger partial charge is 0.410 e. The van der Waals surface area contributed by atoms with Crippen LogP contribution in [0.3, 0.4) is 0 Å². The Morgan fingerprint density at radius 2 is 1.82 bits per heavy atom. The lowest BCUT2D eigenvalue weighted by Gasteiger charge is -2.39. The van der Waals surface area contributed by atoms with E-state index in [1.165, 1.54) is 0 Å². The van der Waals surface area contributed by atoms with Gasteiger partial charge in [-0.2, -0.15) is 0 Å². The van der Waals surface area contributed by atoms with Crippen molar-refractivity contribution in [1.82, 2.24) is 10.2 Å². The molecule has 0 aromatic rings. The molecule has 5 heteroatoms. The van der Waals surface area contributed by atoms with Gasteiger partial charge in [0.05, 0.1) is 0 Å². The largest absolute Gasteiger partial charge is 0.444 e. The molecule has 22 heavy (non-hydrogen) atoms. The lowest BCUT2D eigenvalue weighted by Crippen LogP contribution is -2.47. The maximum Gasteiger partial charge on any atom is 0.410 e. The summed E-state index contributed by atoms with van der Waals surface area (Å²) < 4.78 is 5.41. The van der Waals surface area contributed by atoms with Crippen LogP contribution in [-0.4, -0.2) is 42.1 Å². The normalized spacial score (nSPS) is 18.0. The van der Waals surface area contributed by atoms with Crippen LogP contribution < -0.4 is 5.32 Å². The molecule has 0 atom stereocenters. The molecule has 0 aromatic carbocycles. The number of nitrogens with zero attached hydrogens (tertiary/aromatic N) is 1. The number of nitrogens with one attached hydrogen (secondary N) is 1. The number of hydrogen-bond acceptors (Lipinski definition) is 3. The average molecular weight is 312 g/mol. The first-order valence-electron chi connectivity index (χ1n) is 8.40. The van der Waals surface area contributed by atoms with Crippen LogP contribution in [0.25, 0.3) is 0 Å². The van der Waals surface area contributed by atoms with Gasteiger partial charge in [0, 0.05) is 26.1 Å². The van der Waals surface area contributed by atoms with Crippen LogP contribution in [0.5, 0.6) is 0 Å². The molecule has 0 aromatic heterocycles. The predicted molar refractivity (Wildman–Crippen MR) is 87.7 cm³/mol. The van der Waals surface area contributed by atoms with Gasteiger partial charge in [-0.1, -0.05) is 20.3 Å². The van der Waals surface area contributed by atoms with Crippen molar-refractivity contribution in [1.29, 1.82) is 0 Å². The van der Waals surface area contributed by atoms with Crippen LogP contribution in [0.4, 0.5) is 4.79 Å². The minimum absolute atomic E-state index is 0.0698. The molecule has 1 saturated heterocycles. The summed E-state index contributed by atoms with van der Waals surface area (Å²) >= 11 is 0. The van der Waals surface area contributed by atoms with Crippen molar-refractivity contribution < 1.29 is 14.3 Å². The summed E-state index contributed by atoms with van der Waals surface area (Å²) in [6.45, 7) is 12.0. The average Bonchev–Trinajstić information content (AvgIpc) is 2.42. The Hall–Kier alpha value is -1.26. The highest BCUT2D eigenvalue weighted by Crippen LogP contribution is 2.30. The van der Waals surface area contributed by atoms with Gasteiger partial charge >= 0.3 is 6.09 Å². The number of likely N-dealkylation sites (tertiary alicyclic amines) is 1. The number of piperidine rings is 1. The highest BCUT2D eigenvalue weighted by molar-refractivity contribution is 5.75. The molecule has 1 heterocycles. The van der Waals surface area contributed by atoms with Gasteiger partial charge in [0.15, 0.2) is 0 Å². The SMILES string of the molecule is CCCCC(=O)NCC1(C)CCN(C(=O)OC(C)(C)C)CC1. The molecule has 0 saturated carbocycles. The standard InChI is InChI=1S/C17H32N2O3/c1-6-7-8-14(20)18-13-17(5)9-11-19(12-10-17)15(21)22-16(2,3)4/h6-13H2,1-5H3,(H,18,20). The molecule has 128 valence electrons. The first-order chi connectivity index (χ1) is 10.2. The van der Waals surface area contributed by atoms with E-state index in [1.807, 2.05) is 20.8 Å². The van der Waals surface area contributed by atoms with E-state index in [9.17, 15) is 9.59 Å². The lowest BCUT2D eigenvalue weighted by atomic mass is 9.80. The zero-order valence-corrected chi connectivity index (χ0v) is 14.8. The second-order valence-electron chi connectivity index (χ2n) is 7.66. The predicted octanol–water partition coefficient (Wildman–Crippen LogP) is 3.33. The molecule has 1 fully saturated rings. The van der Waals surface area contributed by atoms with E-state index in [1.54, 1.807) is 4.90 Å². The van der Waals surface area contributed by atoms with Crippen molar-refractivity contribution in [3.63, 3.8) is 0 Å². The molecular formula is C17H32N2O3. The van der Waals surface area contributed by atoms with Crippen LogP contribution in [-0.2, 0) is 9.53 Å². The van der Waals surface area contributed by atoms with Crippen LogP contribution in [0, 0.1) is 5.41 Å². The van der Waals surface area contributed by atoms with E-state index in [0.29, 0.717) is 26.1 Å². The summed E-state index contributed by atoms with van der Waals surface area (Å²) in [5.74, 6) is 0.137. The number of hydrogen-bond donors (Lipinski definition) is 1. The van der Waals surface area contributed by atoms with Crippen LogP contribution in [0.2, 0.25) is 0 Å². The van der Waals surface area contributed by atoms with Gasteiger partial charge < -0.3 is 15.0 Å². The third-order valence-corrected chi connectivity index (χ3v) is 4.09. The molecule has 1 aliphatic rings. The Kier molecular flexibility index (Phi) is 6.69. The van der Waals surface area contributed by atoms with E-state index in [0.717, 1.165) is 25.7 Å². The molecule has 0 unspecified atom stereocenters. The number of ether oxygens (including phenoxy) is 1. The molecular weight excluding hydrogens is 280 g/mol. The number of carbonyl (C=O) groups excluding carboxylic acids is 2. The molecule has 0 radical (unpaired) electrons. The van der Waals surface area contributed by atoms with Gasteiger partial charge in [-0.05, 0) is 45.4 Å². The molecule has 2 amide bonds. The number of amides is 2. The summed E-state index contributed by atoms with van der Waals surface area (Å²) in [6, 6.07) is 0. The van der Waals surface area contributed by atoms with Crippen LogP contribution in [0.1, 0.15) is 66.7 Å². The fraction of sp³-hybridized carbons (Fsp3) is 0.882. The minimum Gasteiger partial charge on any atom is -0.444 e. The van der Waals surface area contributed by atoms with Crippen LogP contribution >= 0.6 is 0 Å². The topological polar surface area (TPSA) is 58.6 Å². The van der Waals surface area contributed by atoms with Crippen molar-refractivity contribution in [3.05, 3.63) is 0 Å². The van der Waals surface area contributed by atoms with E-state index >= 15 is 0 Å². The summed E-state index contributed by atoms with van der Waals surface area (Å²) in [7, 11) is 0. The van der Waals surface area contributed by atoms with E-state index in [4.69, 9.17) is 4.74 Å². The number of unbranched alkanes of at least 4 members (excludes halogenated alkanes) is 1. The quantitative estimate of drug-likeness (QED) is 0.847. The Balaban J connectivity index is 2.36. The van der Waals surface area contributed by atoms with E-state index in [2.05, 4.69) is 19.2 Å². The molecule has 1 aliphatic heterocycles. The third kappa shape index (κ3) is 6.67. The fourth-order valence-corrected chi connectivity index (χ4v) is 2.47. The molecule has 0 spiro atoms.